The SMILES string of the molecule is CC(C)Oc1cccc(-c2n[nH]c(=S)n2N=Cc2c3ccccc3cc3ccccc23)c1. The first-order valence-corrected chi connectivity index (χ1v) is 10.9. The number of H-pyrrole nitrogens is 1. The molecule has 1 N–H and O–H groups in total. The molecule has 1 heterocycles. The molecule has 4 aromatic carbocycles. The van der Waals surface area contributed by atoms with Gasteiger partial charge in [0.2, 0.25) is 4.77 Å². The van der Waals surface area contributed by atoms with Crippen LogP contribution in [0.25, 0.3) is 32.9 Å². The van der Waals surface area contributed by atoms with Crippen molar-refractivity contribution in [2.45, 2.75) is 20.0 Å². The van der Waals surface area contributed by atoms with Gasteiger partial charge in [0.25, 0.3) is 0 Å². The Morgan fingerprint density at radius 2 is 1.62 bits per heavy atom. The van der Waals surface area contributed by atoms with E-state index in [4.69, 9.17) is 22.1 Å². The number of ether oxygens (including phenoxy) is 1. The van der Waals surface area contributed by atoms with Crippen molar-refractivity contribution < 1.29 is 4.74 Å². The van der Waals surface area contributed by atoms with Gasteiger partial charge in [0.15, 0.2) is 5.82 Å². The molecule has 5 nitrogen and oxygen atoms in total. The van der Waals surface area contributed by atoms with Crippen LogP contribution in [0.1, 0.15) is 19.4 Å². The summed E-state index contributed by atoms with van der Waals surface area (Å²) in [7, 11) is 0. The second-order valence-corrected chi connectivity index (χ2v) is 8.22. The summed E-state index contributed by atoms with van der Waals surface area (Å²) in [6.07, 6.45) is 1.96. The molecule has 0 amide bonds. The van der Waals surface area contributed by atoms with Crippen LogP contribution in [0, 0.1) is 4.77 Å². The van der Waals surface area contributed by atoms with Crippen LogP contribution in [0.2, 0.25) is 0 Å². The van der Waals surface area contributed by atoms with Gasteiger partial charge >= 0.3 is 0 Å². The van der Waals surface area contributed by atoms with Gasteiger partial charge in [-0.05, 0) is 65.8 Å². The molecule has 0 aliphatic rings. The summed E-state index contributed by atoms with van der Waals surface area (Å²) in [5.74, 6) is 1.41. The van der Waals surface area contributed by atoms with Crippen LogP contribution in [0.5, 0.6) is 5.75 Å². The maximum absolute atomic E-state index is 5.84. The summed E-state index contributed by atoms with van der Waals surface area (Å²) in [5, 5.41) is 16.7. The highest BCUT2D eigenvalue weighted by Gasteiger charge is 2.11. The Bertz CT molecular complexity index is 1460. The van der Waals surface area contributed by atoms with Crippen LogP contribution < -0.4 is 4.74 Å². The lowest BCUT2D eigenvalue weighted by atomic mass is 9.97. The highest BCUT2D eigenvalue weighted by Crippen LogP contribution is 2.28. The fourth-order valence-corrected chi connectivity index (χ4v) is 4.05. The van der Waals surface area contributed by atoms with Gasteiger partial charge in [0, 0.05) is 11.1 Å². The number of benzene rings is 4. The van der Waals surface area contributed by atoms with E-state index >= 15 is 0 Å². The van der Waals surface area contributed by atoms with Gasteiger partial charge in [0.05, 0.1) is 12.3 Å². The molecule has 0 radical (unpaired) electrons. The van der Waals surface area contributed by atoms with E-state index < -0.39 is 0 Å². The minimum Gasteiger partial charge on any atom is -0.491 e. The van der Waals surface area contributed by atoms with Gasteiger partial charge in [-0.15, -0.1) is 0 Å². The van der Waals surface area contributed by atoms with Crippen molar-refractivity contribution in [2.24, 2.45) is 5.10 Å². The minimum atomic E-state index is 0.0868. The van der Waals surface area contributed by atoms with Crippen molar-refractivity contribution in [2.75, 3.05) is 0 Å². The largest absolute Gasteiger partial charge is 0.491 e. The summed E-state index contributed by atoms with van der Waals surface area (Å²) < 4.78 is 7.92. The molecule has 0 aliphatic heterocycles. The normalized spacial score (nSPS) is 11.7. The maximum Gasteiger partial charge on any atom is 0.216 e. The second kappa shape index (κ2) is 8.40. The number of nitrogens with one attached hydrogen (secondary N) is 1. The number of fused-ring (bicyclic) bond motifs is 2. The average molecular weight is 439 g/mol. The van der Waals surface area contributed by atoms with Crippen LogP contribution >= 0.6 is 12.2 Å². The standard InChI is InChI=1S/C26H22N4OS/c1-17(2)31-21-11-7-10-20(15-21)25-28-29-26(32)30(25)27-16-24-22-12-5-3-8-18(22)14-19-9-4-6-13-23(19)24/h3-17H,1-2H3,(H,29,32). The van der Waals surface area contributed by atoms with Gasteiger partial charge in [-0.2, -0.15) is 14.9 Å². The van der Waals surface area contributed by atoms with Crippen LogP contribution in [0.3, 0.4) is 0 Å². The lowest BCUT2D eigenvalue weighted by Crippen LogP contribution is -2.05. The number of hydrogen-bond acceptors (Lipinski definition) is 4. The van der Waals surface area contributed by atoms with Gasteiger partial charge in [-0.1, -0.05) is 60.7 Å². The second-order valence-electron chi connectivity index (χ2n) is 7.84. The van der Waals surface area contributed by atoms with E-state index in [0.29, 0.717) is 10.6 Å². The summed E-state index contributed by atoms with van der Waals surface area (Å²) in [5.41, 5.74) is 1.92. The Labute approximate surface area is 191 Å². The lowest BCUT2D eigenvalue weighted by molar-refractivity contribution is 0.242. The molecule has 0 saturated carbocycles. The fraction of sp³-hybridized carbons (Fsp3) is 0.115. The van der Waals surface area contributed by atoms with Crippen molar-refractivity contribution in [3.63, 3.8) is 0 Å². The molecule has 5 rings (SSSR count). The molecule has 158 valence electrons. The first kappa shape index (κ1) is 20.2. The quantitative estimate of drug-likeness (QED) is 0.191. The Morgan fingerprint density at radius 1 is 0.938 bits per heavy atom. The fourth-order valence-electron chi connectivity index (χ4n) is 3.87. The van der Waals surface area contributed by atoms with E-state index in [9.17, 15) is 0 Å². The number of aromatic nitrogens is 3. The van der Waals surface area contributed by atoms with E-state index in [2.05, 4.69) is 52.7 Å². The minimum absolute atomic E-state index is 0.0868. The number of hydrogen-bond donors (Lipinski definition) is 1. The molecule has 0 atom stereocenters. The molecule has 0 aliphatic carbocycles. The lowest BCUT2D eigenvalue weighted by Gasteiger charge is -2.10. The Hall–Kier alpha value is -3.77. The summed E-state index contributed by atoms with van der Waals surface area (Å²) in [6.45, 7) is 4.00. The molecule has 0 bridgehead atoms. The van der Waals surface area contributed by atoms with E-state index in [-0.39, 0.29) is 6.10 Å². The molecule has 0 saturated heterocycles. The van der Waals surface area contributed by atoms with Crippen LogP contribution in [-0.4, -0.2) is 27.2 Å². The third kappa shape index (κ3) is 3.81. The molecule has 1 aromatic heterocycles. The molecular formula is C26H22N4OS. The zero-order valence-corrected chi connectivity index (χ0v) is 18.6. The first-order chi connectivity index (χ1) is 15.6. The molecular weight excluding hydrogens is 416 g/mol. The van der Waals surface area contributed by atoms with E-state index in [1.807, 2.05) is 56.5 Å². The van der Waals surface area contributed by atoms with Crippen molar-refractivity contribution in [1.29, 1.82) is 0 Å². The third-order valence-corrected chi connectivity index (χ3v) is 5.49. The van der Waals surface area contributed by atoms with Crippen molar-refractivity contribution >= 4 is 40.0 Å². The summed E-state index contributed by atoms with van der Waals surface area (Å²) in [6, 6.07) is 26.7. The van der Waals surface area contributed by atoms with Crippen molar-refractivity contribution in [1.82, 2.24) is 14.9 Å². The van der Waals surface area contributed by atoms with Gasteiger partial charge in [-0.3, -0.25) is 0 Å². The monoisotopic (exact) mass is 438 g/mol. The van der Waals surface area contributed by atoms with E-state index in [0.717, 1.165) is 27.6 Å². The zero-order valence-electron chi connectivity index (χ0n) is 17.8. The molecule has 6 heteroatoms. The van der Waals surface area contributed by atoms with Gasteiger partial charge < -0.3 is 4.74 Å². The van der Waals surface area contributed by atoms with Crippen LogP contribution in [0.4, 0.5) is 0 Å². The molecule has 0 unspecified atom stereocenters. The predicted octanol–water partition coefficient (Wildman–Crippen LogP) is 6.58. The highest BCUT2D eigenvalue weighted by atomic mass is 32.1. The van der Waals surface area contributed by atoms with Crippen molar-refractivity contribution in [3.05, 3.63) is 89.2 Å². The Kier molecular flexibility index (Phi) is 5.29. The Morgan fingerprint density at radius 3 is 2.31 bits per heavy atom. The van der Waals surface area contributed by atoms with E-state index in [1.54, 1.807) is 4.68 Å². The number of nitrogens with zero attached hydrogens (tertiary/aromatic N) is 3. The predicted molar refractivity (Wildman–Crippen MR) is 133 cm³/mol. The molecule has 0 spiro atoms. The highest BCUT2D eigenvalue weighted by molar-refractivity contribution is 7.71. The van der Waals surface area contributed by atoms with Crippen LogP contribution in [0.15, 0.2) is 84.0 Å². The maximum atomic E-state index is 5.84. The number of aromatic amines is 1. The third-order valence-electron chi connectivity index (χ3n) is 5.23. The topological polar surface area (TPSA) is 55.2 Å². The number of rotatable bonds is 5. The zero-order chi connectivity index (χ0) is 22.1. The summed E-state index contributed by atoms with van der Waals surface area (Å²) >= 11 is 5.48. The van der Waals surface area contributed by atoms with Gasteiger partial charge in [0.1, 0.15) is 5.75 Å². The smallest absolute Gasteiger partial charge is 0.216 e. The molecule has 32 heavy (non-hydrogen) atoms. The van der Waals surface area contributed by atoms with E-state index in [1.165, 1.54) is 10.8 Å². The average Bonchev–Trinajstić information content (AvgIpc) is 3.16. The van der Waals surface area contributed by atoms with Gasteiger partial charge in [-0.25, -0.2) is 5.10 Å². The molecule has 0 fully saturated rings. The van der Waals surface area contributed by atoms with Crippen LogP contribution in [-0.2, 0) is 0 Å². The first-order valence-electron chi connectivity index (χ1n) is 10.5. The molecule has 5 aromatic rings. The Balaban J connectivity index is 1.64. The van der Waals surface area contributed by atoms with Crippen molar-refractivity contribution in [3.8, 4) is 17.1 Å². The summed E-state index contributed by atoms with van der Waals surface area (Å²) in [4.78, 5) is 0.